The first-order valence-electron chi connectivity index (χ1n) is 6.13. The number of pyridine rings is 1. The molecule has 96 valence electrons. The fourth-order valence-corrected chi connectivity index (χ4v) is 2.68. The van der Waals surface area contributed by atoms with Crippen LogP contribution in [0.1, 0.15) is 5.69 Å². The number of nitrogens with two attached hydrogens (primary N) is 1. The van der Waals surface area contributed by atoms with E-state index >= 15 is 0 Å². The Hall–Kier alpha value is -1.98. The van der Waals surface area contributed by atoms with E-state index in [1.165, 1.54) is 4.88 Å². The first-order valence-corrected chi connectivity index (χ1v) is 7.01. The Labute approximate surface area is 115 Å². The average molecular weight is 270 g/mol. The maximum absolute atomic E-state index is 5.61. The Kier molecular flexibility index (Phi) is 3.39. The Morgan fingerprint density at radius 2 is 2.16 bits per heavy atom. The fourth-order valence-electron chi connectivity index (χ4n) is 1.95. The van der Waals surface area contributed by atoms with E-state index < -0.39 is 0 Å². The summed E-state index contributed by atoms with van der Waals surface area (Å²) in [6.45, 7) is 0.600. The number of thiophene rings is 1. The van der Waals surface area contributed by atoms with E-state index in [1.54, 1.807) is 17.5 Å². The Morgan fingerprint density at radius 1 is 1.21 bits per heavy atom. The van der Waals surface area contributed by atoms with Gasteiger partial charge in [0, 0.05) is 12.6 Å². The molecular formula is C14H14N4S. The second-order valence-corrected chi connectivity index (χ2v) is 5.08. The van der Waals surface area contributed by atoms with Crippen LogP contribution in [0, 0.1) is 0 Å². The Balaban J connectivity index is 2.12. The topological polar surface area (TPSA) is 56.7 Å². The van der Waals surface area contributed by atoms with Gasteiger partial charge < -0.3 is 5.73 Å². The zero-order valence-electron chi connectivity index (χ0n) is 10.4. The quantitative estimate of drug-likeness (QED) is 0.792. The number of nitrogens with zero attached hydrogens (tertiary/aromatic N) is 3. The lowest BCUT2D eigenvalue weighted by molar-refractivity contribution is 0.807. The molecule has 2 N–H and O–H groups in total. The first kappa shape index (κ1) is 12.1. The van der Waals surface area contributed by atoms with Crippen molar-refractivity contribution in [3.63, 3.8) is 0 Å². The maximum Gasteiger partial charge on any atom is 0.154 e. The van der Waals surface area contributed by atoms with Crippen LogP contribution in [0.4, 0.5) is 0 Å². The zero-order chi connectivity index (χ0) is 13.1. The summed E-state index contributed by atoms with van der Waals surface area (Å²) in [5.41, 5.74) is 7.68. The number of aromatic nitrogens is 3. The van der Waals surface area contributed by atoms with Gasteiger partial charge in [-0.1, -0.05) is 12.1 Å². The summed E-state index contributed by atoms with van der Waals surface area (Å²) in [5, 5.41) is 6.67. The van der Waals surface area contributed by atoms with E-state index in [1.807, 2.05) is 28.9 Å². The second kappa shape index (κ2) is 5.34. The Bertz CT molecular complexity index is 643. The molecule has 0 saturated carbocycles. The lowest BCUT2D eigenvalue weighted by Gasteiger charge is -2.04. The molecule has 0 aliphatic rings. The van der Waals surface area contributed by atoms with Gasteiger partial charge in [0.1, 0.15) is 0 Å². The fraction of sp³-hybridized carbons (Fsp3) is 0.143. The van der Waals surface area contributed by atoms with Crippen molar-refractivity contribution >= 4 is 11.3 Å². The lowest BCUT2D eigenvalue weighted by atomic mass is 10.2. The van der Waals surface area contributed by atoms with Crippen LogP contribution in [0.2, 0.25) is 0 Å². The molecule has 0 aromatic carbocycles. The van der Waals surface area contributed by atoms with E-state index in [0.717, 1.165) is 23.6 Å². The van der Waals surface area contributed by atoms with Gasteiger partial charge >= 0.3 is 0 Å². The first-order chi connectivity index (χ1) is 9.38. The third kappa shape index (κ3) is 2.43. The minimum atomic E-state index is 0.600. The van der Waals surface area contributed by atoms with Gasteiger partial charge in [0.15, 0.2) is 5.82 Å². The van der Waals surface area contributed by atoms with E-state index in [4.69, 9.17) is 5.73 Å². The van der Waals surface area contributed by atoms with Crippen molar-refractivity contribution in [1.29, 1.82) is 0 Å². The zero-order valence-corrected chi connectivity index (χ0v) is 11.2. The molecular weight excluding hydrogens is 256 g/mol. The normalized spacial score (nSPS) is 10.8. The molecule has 0 saturated heterocycles. The smallest absolute Gasteiger partial charge is 0.154 e. The van der Waals surface area contributed by atoms with Gasteiger partial charge in [0.2, 0.25) is 0 Å². The third-order valence-electron chi connectivity index (χ3n) is 2.80. The van der Waals surface area contributed by atoms with Crippen LogP contribution in [-0.4, -0.2) is 21.3 Å². The van der Waals surface area contributed by atoms with Crippen LogP contribution in [0.15, 0.2) is 48.0 Å². The largest absolute Gasteiger partial charge is 0.330 e. The molecule has 3 aromatic heterocycles. The van der Waals surface area contributed by atoms with Gasteiger partial charge in [-0.2, -0.15) is 5.10 Å². The molecule has 3 aromatic rings. The molecule has 3 rings (SSSR count). The minimum absolute atomic E-state index is 0.600. The highest BCUT2D eigenvalue weighted by Crippen LogP contribution is 2.27. The molecule has 5 heteroatoms. The van der Waals surface area contributed by atoms with Crippen molar-refractivity contribution in [2.45, 2.75) is 6.42 Å². The molecule has 19 heavy (non-hydrogen) atoms. The van der Waals surface area contributed by atoms with Gasteiger partial charge in [0.25, 0.3) is 0 Å². The standard InChI is InChI=1S/C14H14N4S/c15-7-6-11-10-12(13-4-3-9-19-13)18(17-11)14-5-1-2-8-16-14/h1-5,8-10H,6-7,15H2. The van der Waals surface area contributed by atoms with Crippen molar-refractivity contribution in [1.82, 2.24) is 14.8 Å². The summed E-state index contributed by atoms with van der Waals surface area (Å²) in [6, 6.07) is 12.0. The van der Waals surface area contributed by atoms with E-state index in [2.05, 4.69) is 27.6 Å². The minimum Gasteiger partial charge on any atom is -0.330 e. The highest BCUT2D eigenvalue weighted by atomic mass is 32.1. The van der Waals surface area contributed by atoms with Crippen LogP contribution in [0.5, 0.6) is 0 Å². The van der Waals surface area contributed by atoms with Crippen LogP contribution in [-0.2, 0) is 6.42 Å². The molecule has 0 spiro atoms. The Morgan fingerprint density at radius 3 is 2.84 bits per heavy atom. The van der Waals surface area contributed by atoms with E-state index in [0.29, 0.717) is 6.54 Å². The summed E-state index contributed by atoms with van der Waals surface area (Å²) >= 11 is 1.70. The van der Waals surface area contributed by atoms with Crippen LogP contribution in [0.25, 0.3) is 16.4 Å². The number of hydrogen-bond donors (Lipinski definition) is 1. The van der Waals surface area contributed by atoms with E-state index in [-0.39, 0.29) is 0 Å². The number of rotatable bonds is 4. The van der Waals surface area contributed by atoms with Crippen molar-refractivity contribution in [3.8, 4) is 16.4 Å². The average Bonchev–Trinajstić information content (AvgIpc) is 3.08. The lowest BCUT2D eigenvalue weighted by Crippen LogP contribution is -2.05. The molecule has 0 aliphatic heterocycles. The van der Waals surface area contributed by atoms with Crippen molar-refractivity contribution in [2.75, 3.05) is 6.54 Å². The predicted molar refractivity (Wildman–Crippen MR) is 77.4 cm³/mol. The van der Waals surface area contributed by atoms with Gasteiger partial charge in [-0.3, -0.25) is 0 Å². The van der Waals surface area contributed by atoms with Crippen LogP contribution < -0.4 is 5.73 Å². The van der Waals surface area contributed by atoms with Crippen LogP contribution >= 0.6 is 11.3 Å². The molecule has 0 fully saturated rings. The van der Waals surface area contributed by atoms with Gasteiger partial charge in [-0.05, 0) is 36.2 Å². The molecule has 3 heterocycles. The van der Waals surface area contributed by atoms with Crippen molar-refractivity contribution in [3.05, 3.63) is 53.7 Å². The predicted octanol–water partition coefficient (Wildman–Crippen LogP) is 2.50. The molecule has 0 radical (unpaired) electrons. The molecule has 0 atom stereocenters. The summed E-state index contributed by atoms with van der Waals surface area (Å²) in [4.78, 5) is 5.55. The summed E-state index contributed by atoms with van der Waals surface area (Å²) in [6.07, 6.45) is 2.55. The highest BCUT2D eigenvalue weighted by Gasteiger charge is 2.12. The number of hydrogen-bond acceptors (Lipinski definition) is 4. The molecule has 0 unspecified atom stereocenters. The summed E-state index contributed by atoms with van der Waals surface area (Å²) in [5.74, 6) is 0.828. The highest BCUT2D eigenvalue weighted by molar-refractivity contribution is 7.13. The SMILES string of the molecule is NCCc1cc(-c2cccs2)n(-c2ccccn2)n1. The van der Waals surface area contributed by atoms with Crippen LogP contribution in [0.3, 0.4) is 0 Å². The summed E-state index contributed by atoms with van der Waals surface area (Å²) < 4.78 is 1.89. The molecule has 0 aliphatic carbocycles. The summed E-state index contributed by atoms with van der Waals surface area (Å²) in [7, 11) is 0. The van der Waals surface area contributed by atoms with E-state index in [9.17, 15) is 0 Å². The van der Waals surface area contributed by atoms with Gasteiger partial charge in [-0.25, -0.2) is 9.67 Å². The van der Waals surface area contributed by atoms with Crippen molar-refractivity contribution in [2.24, 2.45) is 5.73 Å². The van der Waals surface area contributed by atoms with Gasteiger partial charge in [0.05, 0.1) is 16.3 Å². The third-order valence-corrected chi connectivity index (χ3v) is 3.69. The van der Waals surface area contributed by atoms with Crippen molar-refractivity contribution < 1.29 is 0 Å². The molecule has 0 amide bonds. The molecule has 4 nitrogen and oxygen atoms in total. The molecule has 0 bridgehead atoms. The second-order valence-electron chi connectivity index (χ2n) is 4.14. The monoisotopic (exact) mass is 270 g/mol. The maximum atomic E-state index is 5.61. The van der Waals surface area contributed by atoms with Gasteiger partial charge in [-0.15, -0.1) is 11.3 Å².